The van der Waals surface area contributed by atoms with Crippen LogP contribution in [-0.4, -0.2) is 63.0 Å². The maximum Gasteiger partial charge on any atom is 0.225 e. The second kappa shape index (κ2) is 9.86. The van der Waals surface area contributed by atoms with Gasteiger partial charge in [-0.15, -0.1) is 0 Å². The molecule has 0 N–H and O–H groups in total. The number of carbonyl (C=O) groups excluding carboxylic acids is 2. The quantitative estimate of drug-likeness (QED) is 0.669. The van der Waals surface area contributed by atoms with E-state index >= 15 is 0 Å². The van der Waals surface area contributed by atoms with Gasteiger partial charge in [-0.2, -0.15) is 0 Å². The zero-order valence-corrected chi connectivity index (χ0v) is 18.2. The van der Waals surface area contributed by atoms with Crippen LogP contribution in [0, 0.1) is 5.92 Å². The van der Waals surface area contributed by atoms with Crippen molar-refractivity contribution in [2.75, 3.05) is 55.7 Å². The molecule has 31 heavy (non-hydrogen) atoms. The van der Waals surface area contributed by atoms with Crippen LogP contribution in [0.1, 0.15) is 30.1 Å². The number of ether oxygens (including phenoxy) is 1. The predicted octanol–water partition coefficient (Wildman–Crippen LogP) is 3.46. The minimum absolute atomic E-state index is 0.113. The zero-order chi connectivity index (χ0) is 21.6. The Morgan fingerprint density at radius 3 is 1.97 bits per heavy atom. The average Bonchev–Trinajstić information content (AvgIpc) is 2.85. The summed E-state index contributed by atoms with van der Waals surface area (Å²) in [4.78, 5) is 30.6. The van der Waals surface area contributed by atoms with Crippen LogP contribution in [0.15, 0.2) is 48.5 Å². The molecule has 6 heteroatoms. The molecule has 0 radical (unpaired) electrons. The highest BCUT2D eigenvalue weighted by atomic mass is 16.5. The van der Waals surface area contributed by atoms with E-state index in [0.717, 1.165) is 69.8 Å². The molecule has 2 saturated heterocycles. The summed E-state index contributed by atoms with van der Waals surface area (Å²) >= 11 is 0. The van der Waals surface area contributed by atoms with Gasteiger partial charge >= 0.3 is 0 Å². The van der Waals surface area contributed by atoms with Gasteiger partial charge in [0.15, 0.2) is 0 Å². The average molecular weight is 422 g/mol. The van der Waals surface area contributed by atoms with Crippen molar-refractivity contribution >= 4 is 23.6 Å². The lowest BCUT2D eigenvalue weighted by Gasteiger charge is -2.39. The van der Waals surface area contributed by atoms with Crippen LogP contribution in [-0.2, 0) is 4.79 Å². The maximum absolute atomic E-state index is 13.1. The first-order valence-electron chi connectivity index (χ1n) is 11.2. The number of rotatable bonds is 6. The van der Waals surface area contributed by atoms with Crippen molar-refractivity contribution < 1.29 is 14.3 Å². The number of hydrogen-bond acceptors (Lipinski definition) is 5. The molecule has 0 unspecified atom stereocenters. The summed E-state index contributed by atoms with van der Waals surface area (Å²) in [7, 11) is 0. The molecule has 2 aromatic rings. The standard InChI is InChI=1S/C25H31N3O3/c1-2-31-24-9-7-23(8-10-24)27-15-17-28(18-16-27)25(30)21-11-13-26(14-12-21)22-5-3-20(19-29)4-6-22/h3-10,19,21H,2,11-18H2,1H3. The molecule has 0 spiro atoms. The molecule has 0 aliphatic carbocycles. The van der Waals surface area contributed by atoms with Gasteiger partial charge in [0.25, 0.3) is 0 Å². The third-order valence-corrected chi connectivity index (χ3v) is 6.34. The first-order chi connectivity index (χ1) is 15.2. The molecule has 2 aromatic carbocycles. The van der Waals surface area contributed by atoms with E-state index in [1.54, 1.807) is 0 Å². The third-order valence-electron chi connectivity index (χ3n) is 6.34. The Kier molecular flexibility index (Phi) is 6.75. The third kappa shape index (κ3) is 5.01. The first-order valence-corrected chi connectivity index (χ1v) is 11.2. The molecule has 164 valence electrons. The Balaban J connectivity index is 1.25. The van der Waals surface area contributed by atoms with Gasteiger partial charge in [0.2, 0.25) is 5.91 Å². The van der Waals surface area contributed by atoms with Gasteiger partial charge in [-0.1, -0.05) is 0 Å². The largest absolute Gasteiger partial charge is 0.494 e. The number of piperazine rings is 1. The van der Waals surface area contributed by atoms with Crippen LogP contribution in [0.5, 0.6) is 5.75 Å². The van der Waals surface area contributed by atoms with Gasteiger partial charge in [-0.3, -0.25) is 9.59 Å². The molecule has 2 heterocycles. The molecule has 1 amide bonds. The van der Waals surface area contributed by atoms with Crippen molar-refractivity contribution in [3.8, 4) is 5.75 Å². The van der Waals surface area contributed by atoms with Crippen molar-refractivity contribution in [3.63, 3.8) is 0 Å². The van der Waals surface area contributed by atoms with Gasteiger partial charge in [-0.05, 0) is 68.3 Å². The number of amides is 1. The highest BCUT2D eigenvalue weighted by Gasteiger charge is 2.30. The molecule has 6 nitrogen and oxygen atoms in total. The summed E-state index contributed by atoms with van der Waals surface area (Å²) in [6.07, 6.45) is 2.63. The number of piperidine rings is 1. The maximum atomic E-state index is 13.1. The van der Waals surface area contributed by atoms with E-state index < -0.39 is 0 Å². The van der Waals surface area contributed by atoms with Crippen LogP contribution >= 0.6 is 0 Å². The zero-order valence-electron chi connectivity index (χ0n) is 18.2. The highest BCUT2D eigenvalue weighted by molar-refractivity contribution is 5.80. The van der Waals surface area contributed by atoms with Gasteiger partial charge in [0, 0.05) is 62.1 Å². The molecule has 0 aromatic heterocycles. The number of hydrogen-bond donors (Lipinski definition) is 0. The lowest BCUT2D eigenvalue weighted by Crippen LogP contribution is -2.51. The number of anilines is 2. The summed E-state index contributed by atoms with van der Waals surface area (Å²) in [5.41, 5.74) is 3.00. The van der Waals surface area contributed by atoms with Gasteiger partial charge in [0.1, 0.15) is 12.0 Å². The van der Waals surface area contributed by atoms with E-state index in [9.17, 15) is 9.59 Å². The number of carbonyl (C=O) groups is 2. The van der Waals surface area contributed by atoms with Crippen LogP contribution in [0.3, 0.4) is 0 Å². The smallest absolute Gasteiger partial charge is 0.225 e. The lowest BCUT2D eigenvalue weighted by molar-refractivity contribution is -0.136. The predicted molar refractivity (Wildman–Crippen MR) is 123 cm³/mol. The monoisotopic (exact) mass is 421 g/mol. The molecular formula is C25H31N3O3. The van der Waals surface area contributed by atoms with Crippen LogP contribution in [0.4, 0.5) is 11.4 Å². The van der Waals surface area contributed by atoms with Crippen molar-refractivity contribution in [1.82, 2.24) is 4.90 Å². The summed E-state index contributed by atoms with van der Waals surface area (Å²) in [5, 5.41) is 0. The van der Waals surface area contributed by atoms with E-state index in [1.165, 1.54) is 5.69 Å². The molecule has 2 fully saturated rings. The molecule has 4 rings (SSSR count). The number of nitrogens with zero attached hydrogens (tertiary/aromatic N) is 3. The van der Waals surface area contributed by atoms with Gasteiger partial charge in [0.05, 0.1) is 6.61 Å². The fourth-order valence-electron chi connectivity index (χ4n) is 4.51. The summed E-state index contributed by atoms with van der Waals surface area (Å²) in [6.45, 7) is 7.69. The highest BCUT2D eigenvalue weighted by Crippen LogP contribution is 2.26. The number of aldehydes is 1. The van der Waals surface area contributed by atoms with Gasteiger partial charge in [-0.25, -0.2) is 0 Å². The molecule has 2 aliphatic rings. The van der Waals surface area contributed by atoms with E-state index in [0.29, 0.717) is 18.1 Å². The minimum atomic E-state index is 0.113. The fourth-order valence-corrected chi connectivity index (χ4v) is 4.51. The molecule has 2 aliphatic heterocycles. The summed E-state index contributed by atoms with van der Waals surface area (Å²) < 4.78 is 5.52. The Hall–Kier alpha value is -3.02. The number of benzene rings is 2. The second-order valence-corrected chi connectivity index (χ2v) is 8.21. The molecular weight excluding hydrogens is 390 g/mol. The Morgan fingerprint density at radius 2 is 1.42 bits per heavy atom. The van der Waals surface area contributed by atoms with Crippen molar-refractivity contribution in [1.29, 1.82) is 0 Å². The molecule has 0 atom stereocenters. The minimum Gasteiger partial charge on any atom is -0.494 e. The summed E-state index contributed by atoms with van der Waals surface area (Å²) in [5.74, 6) is 1.32. The van der Waals surface area contributed by atoms with Crippen LogP contribution in [0.25, 0.3) is 0 Å². The Labute approximate surface area is 184 Å². The van der Waals surface area contributed by atoms with Crippen molar-refractivity contribution in [3.05, 3.63) is 54.1 Å². The Bertz CT molecular complexity index is 866. The van der Waals surface area contributed by atoms with Crippen LogP contribution < -0.4 is 14.5 Å². The van der Waals surface area contributed by atoms with Crippen LogP contribution in [0.2, 0.25) is 0 Å². The topological polar surface area (TPSA) is 53.1 Å². The second-order valence-electron chi connectivity index (χ2n) is 8.21. The lowest BCUT2D eigenvalue weighted by atomic mass is 9.94. The first kappa shape index (κ1) is 21.2. The SMILES string of the molecule is CCOc1ccc(N2CCN(C(=O)C3CCN(c4ccc(C=O)cc4)CC3)CC2)cc1. The van der Waals surface area contributed by atoms with Crippen molar-refractivity contribution in [2.45, 2.75) is 19.8 Å². The van der Waals surface area contributed by atoms with E-state index in [1.807, 2.05) is 48.2 Å². The van der Waals surface area contributed by atoms with Gasteiger partial charge < -0.3 is 19.4 Å². The fraction of sp³-hybridized carbons (Fsp3) is 0.440. The normalized spacial score (nSPS) is 17.5. The van der Waals surface area contributed by atoms with E-state index in [-0.39, 0.29) is 5.92 Å². The van der Waals surface area contributed by atoms with Crippen molar-refractivity contribution in [2.24, 2.45) is 5.92 Å². The van der Waals surface area contributed by atoms with E-state index in [2.05, 4.69) is 21.9 Å². The van der Waals surface area contributed by atoms with E-state index in [4.69, 9.17) is 4.74 Å². The molecule has 0 bridgehead atoms. The molecule has 0 saturated carbocycles. The Morgan fingerprint density at radius 1 is 0.871 bits per heavy atom. The summed E-state index contributed by atoms with van der Waals surface area (Å²) in [6, 6.07) is 15.9.